The summed E-state index contributed by atoms with van der Waals surface area (Å²) in [5.41, 5.74) is 1.99. The lowest BCUT2D eigenvalue weighted by Gasteiger charge is -2.21. The number of carbonyl (C=O) groups is 1. The van der Waals surface area contributed by atoms with Crippen LogP contribution in [-0.4, -0.2) is 49.2 Å². The number of aliphatic carboxylic acids is 1. The summed E-state index contributed by atoms with van der Waals surface area (Å²) < 4.78 is 33.0. The molecule has 2 aromatic carbocycles. The maximum atomic E-state index is 13.1. The van der Waals surface area contributed by atoms with E-state index in [9.17, 15) is 13.2 Å². The Bertz CT molecular complexity index is 958. The minimum atomic E-state index is -3.54. The van der Waals surface area contributed by atoms with Crippen LogP contribution in [0, 0.1) is 6.92 Å². The summed E-state index contributed by atoms with van der Waals surface area (Å²) in [5, 5.41) is 8.73. The number of carboxylic acids is 1. The molecule has 0 radical (unpaired) electrons. The number of sulfonamides is 1. The van der Waals surface area contributed by atoms with Gasteiger partial charge >= 0.3 is 5.97 Å². The zero-order chi connectivity index (χ0) is 22.9. The first kappa shape index (κ1) is 25.2. The smallest absolute Gasteiger partial charge is 0.341 e. The summed E-state index contributed by atoms with van der Waals surface area (Å²) in [5.74, 6) is 0.130. The summed E-state index contributed by atoms with van der Waals surface area (Å²) in [7, 11) is -3.54. The number of hydrogen-bond donors (Lipinski definition) is 1. The van der Waals surface area contributed by atoms with E-state index in [1.165, 1.54) is 0 Å². The molecule has 2 aromatic rings. The van der Waals surface area contributed by atoms with Gasteiger partial charge in [0, 0.05) is 23.7 Å². The van der Waals surface area contributed by atoms with Crippen molar-refractivity contribution in [2.24, 2.45) is 0 Å². The first-order valence-electron chi connectivity index (χ1n) is 10.4. The summed E-state index contributed by atoms with van der Waals surface area (Å²) >= 11 is 1.56. The van der Waals surface area contributed by atoms with E-state index in [0.29, 0.717) is 29.5 Å². The quantitative estimate of drug-likeness (QED) is 0.435. The molecule has 170 valence electrons. The van der Waals surface area contributed by atoms with Gasteiger partial charge in [-0.3, -0.25) is 0 Å². The predicted octanol–water partition coefficient (Wildman–Crippen LogP) is 4.60. The van der Waals surface area contributed by atoms with Gasteiger partial charge in [0.25, 0.3) is 0 Å². The van der Waals surface area contributed by atoms with E-state index in [2.05, 4.69) is 6.92 Å². The molecular formula is C23H31NO5S2. The van der Waals surface area contributed by atoms with Crippen molar-refractivity contribution < 1.29 is 23.1 Å². The van der Waals surface area contributed by atoms with E-state index in [1.54, 1.807) is 34.3 Å². The molecule has 6 nitrogen and oxygen atoms in total. The number of benzene rings is 2. The van der Waals surface area contributed by atoms with Crippen LogP contribution < -0.4 is 4.74 Å². The van der Waals surface area contributed by atoms with Crippen LogP contribution in [-0.2, 0) is 21.2 Å². The molecule has 1 N–H and O–H groups in total. The average Bonchev–Trinajstić information content (AvgIpc) is 2.73. The van der Waals surface area contributed by atoms with Crippen molar-refractivity contribution in [2.75, 3.05) is 25.4 Å². The van der Waals surface area contributed by atoms with Crippen molar-refractivity contribution in [3.05, 3.63) is 53.6 Å². The van der Waals surface area contributed by atoms with E-state index in [-0.39, 0.29) is 6.61 Å². The van der Waals surface area contributed by atoms with E-state index in [0.717, 1.165) is 35.3 Å². The lowest BCUT2D eigenvalue weighted by Crippen LogP contribution is -2.33. The Labute approximate surface area is 189 Å². The number of hydrogen-bond acceptors (Lipinski definition) is 5. The Morgan fingerprint density at radius 1 is 1.06 bits per heavy atom. The number of aryl methyl sites for hydroxylation is 2. The molecule has 31 heavy (non-hydrogen) atoms. The topological polar surface area (TPSA) is 83.9 Å². The van der Waals surface area contributed by atoms with Crippen molar-refractivity contribution in [3.63, 3.8) is 0 Å². The normalized spacial score (nSPS) is 11.6. The number of thioether (sulfide) groups is 1. The first-order chi connectivity index (χ1) is 14.8. The molecule has 0 saturated carbocycles. The van der Waals surface area contributed by atoms with Crippen LogP contribution in [0.3, 0.4) is 0 Å². The molecule has 0 heterocycles. The minimum absolute atomic E-state index is 0.335. The van der Waals surface area contributed by atoms with Gasteiger partial charge in [-0.2, -0.15) is 4.31 Å². The Morgan fingerprint density at radius 3 is 2.35 bits per heavy atom. The van der Waals surface area contributed by atoms with Crippen molar-refractivity contribution >= 4 is 27.8 Å². The highest BCUT2D eigenvalue weighted by Crippen LogP contribution is 2.26. The first-order valence-corrected chi connectivity index (χ1v) is 12.9. The van der Waals surface area contributed by atoms with Gasteiger partial charge in [0.2, 0.25) is 10.0 Å². The predicted molar refractivity (Wildman–Crippen MR) is 125 cm³/mol. The standard InChI is InChI=1S/C23H31NO5S2/c1-4-6-19-7-10-21(11-8-19)31(27,28)24(13-5-2)14-15-30-20-9-12-22(18(3)16-20)29-17-23(25)26/h7-12,16H,4-6,13-15,17H2,1-3H3,(H,25,26). The molecule has 0 atom stereocenters. The Morgan fingerprint density at radius 2 is 1.77 bits per heavy atom. The van der Waals surface area contributed by atoms with Crippen molar-refractivity contribution in [3.8, 4) is 5.75 Å². The van der Waals surface area contributed by atoms with E-state index in [4.69, 9.17) is 9.84 Å². The molecule has 0 aromatic heterocycles. The van der Waals surface area contributed by atoms with Gasteiger partial charge in [0.05, 0.1) is 4.90 Å². The molecule has 2 rings (SSSR count). The van der Waals surface area contributed by atoms with Crippen molar-refractivity contribution in [2.45, 2.75) is 49.8 Å². The van der Waals surface area contributed by atoms with Crippen molar-refractivity contribution in [1.29, 1.82) is 0 Å². The highest BCUT2D eigenvalue weighted by atomic mass is 32.2. The molecule has 0 aliphatic heterocycles. The van der Waals surface area contributed by atoms with E-state index >= 15 is 0 Å². The number of nitrogens with zero attached hydrogens (tertiary/aromatic N) is 1. The van der Waals surface area contributed by atoms with Gasteiger partial charge in [0.15, 0.2) is 6.61 Å². The Kier molecular flexibility index (Phi) is 9.87. The van der Waals surface area contributed by atoms with Crippen LogP contribution in [0.25, 0.3) is 0 Å². The van der Waals surface area contributed by atoms with Crippen LogP contribution in [0.1, 0.15) is 37.8 Å². The molecule has 0 amide bonds. The molecule has 0 saturated heterocycles. The van der Waals surface area contributed by atoms with E-state index < -0.39 is 16.0 Å². The Hall–Kier alpha value is -2.03. The second-order valence-corrected chi connectivity index (χ2v) is 10.4. The van der Waals surface area contributed by atoms with Gasteiger partial charge in [-0.15, -0.1) is 11.8 Å². The minimum Gasteiger partial charge on any atom is -0.482 e. The molecule has 0 bridgehead atoms. The van der Waals surface area contributed by atoms with Crippen LogP contribution in [0.5, 0.6) is 5.75 Å². The van der Waals surface area contributed by atoms with Crippen LogP contribution in [0.2, 0.25) is 0 Å². The van der Waals surface area contributed by atoms with E-state index in [1.807, 2.05) is 38.1 Å². The van der Waals surface area contributed by atoms with Crippen LogP contribution in [0.4, 0.5) is 0 Å². The van der Waals surface area contributed by atoms with Gasteiger partial charge in [-0.1, -0.05) is 32.4 Å². The number of ether oxygens (including phenoxy) is 1. The zero-order valence-electron chi connectivity index (χ0n) is 18.3. The fraction of sp³-hybridized carbons (Fsp3) is 0.435. The molecular weight excluding hydrogens is 434 g/mol. The SMILES string of the molecule is CCCc1ccc(S(=O)(=O)N(CCC)CCSc2ccc(OCC(=O)O)c(C)c2)cc1. The van der Waals surface area contributed by atoms with Gasteiger partial charge < -0.3 is 9.84 Å². The molecule has 0 aliphatic carbocycles. The van der Waals surface area contributed by atoms with Gasteiger partial charge in [0.1, 0.15) is 5.75 Å². The Balaban J connectivity index is 2.01. The highest BCUT2D eigenvalue weighted by Gasteiger charge is 2.23. The third-order valence-corrected chi connectivity index (χ3v) is 7.57. The fourth-order valence-corrected chi connectivity index (χ4v) is 5.77. The monoisotopic (exact) mass is 465 g/mol. The third-order valence-electron chi connectivity index (χ3n) is 4.68. The highest BCUT2D eigenvalue weighted by molar-refractivity contribution is 7.99. The second kappa shape index (κ2) is 12.1. The summed E-state index contributed by atoms with van der Waals surface area (Å²) in [6.07, 6.45) is 2.71. The zero-order valence-corrected chi connectivity index (χ0v) is 20.0. The maximum Gasteiger partial charge on any atom is 0.341 e. The number of carboxylic acid groups (broad SMARTS) is 1. The average molecular weight is 466 g/mol. The van der Waals surface area contributed by atoms with Crippen LogP contribution in [0.15, 0.2) is 52.3 Å². The molecule has 0 aliphatic rings. The molecule has 0 spiro atoms. The van der Waals surface area contributed by atoms with Crippen LogP contribution >= 0.6 is 11.8 Å². The molecule has 8 heteroatoms. The van der Waals surface area contributed by atoms with Gasteiger partial charge in [-0.05, 0) is 61.2 Å². The van der Waals surface area contributed by atoms with Crippen molar-refractivity contribution in [1.82, 2.24) is 4.31 Å². The maximum absolute atomic E-state index is 13.1. The fourth-order valence-electron chi connectivity index (χ4n) is 3.15. The summed E-state index contributed by atoms with van der Waals surface area (Å²) in [6, 6.07) is 12.7. The molecule has 0 unspecified atom stereocenters. The summed E-state index contributed by atoms with van der Waals surface area (Å²) in [4.78, 5) is 12.0. The lowest BCUT2D eigenvalue weighted by molar-refractivity contribution is -0.139. The summed E-state index contributed by atoms with van der Waals surface area (Å²) in [6.45, 7) is 6.44. The largest absolute Gasteiger partial charge is 0.482 e. The third kappa shape index (κ3) is 7.55. The second-order valence-electron chi connectivity index (χ2n) is 7.26. The lowest BCUT2D eigenvalue weighted by atomic mass is 10.1. The molecule has 0 fully saturated rings. The van der Waals surface area contributed by atoms with Gasteiger partial charge in [-0.25, -0.2) is 13.2 Å². The number of rotatable bonds is 13.